The quantitative estimate of drug-likeness (QED) is 0.717. The highest BCUT2D eigenvalue weighted by atomic mass is 32.1. The van der Waals surface area contributed by atoms with E-state index in [1.165, 1.54) is 12.8 Å². The van der Waals surface area contributed by atoms with Crippen molar-refractivity contribution in [2.75, 3.05) is 33.8 Å². The van der Waals surface area contributed by atoms with E-state index in [0.29, 0.717) is 36.3 Å². The summed E-state index contributed by atoms with van der Waals surface area (Å²) >= 11 is 1.66. The van der Waals surface area contributed by atoms with Crippen molar-refractivity contribution in [1.29, 1.82) is 0 Å². The summed E-state index contributed by atoms with van der Waals surface area (Å²) in [5, 5.41) is 3.16. The lowest BCUT2D eigenvalue weighted by atomic mass is 9.77. The fraction of sp³-hybridized carbons (Fsp3) is 0.810. The Morgan fingerprint density at radius 1 is 1.30 bits per heavy atom. The number of ether oxygens (including phenoxy) is 1. The summed E-state index contributed by atoms with van der Waals surface area (Å²) in [5.74, 6) is 2.34. The number of fused-ring (bicyclic) bond motifs is 1. The van der Waals surface area contributed by atoms with E-state index < -0.39 is 0 Å². The Kier molecular flexibility index (Phi) is 5.86. The van der Waals surface area contributed by atoms with Gasteiger partial charge in [-0.2, -0.15) is 0 Å². The average molecular weight is 392 g/mol. The van der Waals surface area contributed by atoms with Crippen LogP contribution in [0.3, 0.4) is 0 Å². The van der Waals surface area contributed by atoms with E-state index in [2.05, 4.69) is 34.3 Å². The van der Waals surface area contributed by atoms with Crippen molar-refractivity contribution in [2.24, 2.45) is 17.8 Å². The van der Waals surface area contributed by atoms with Gasteiger partial charge in [0.05, 0.1) is 16.8 Å². The first-order valence-corrected chi connectivity index (χ1v) is 11.3. The van der Waals surface area contributed by atoms with Crippen LogP contribution in [0.1, 0.15) is 42.8 Å². The van der Waals surface area contributed by atoms with Gasteiger partial charge in [-0.3, -0.25) is 4.79 Å². The Morgan fingerprint density at radius 3 is 2.67 bits per heavy atom. The third kappa shape index (κ3) is 4.72. The van der Waals surface area contributed by atoms with Gasteiger partial charge in [-0.1, -0.05) is 0 Å². The lowest BCUT2D eigenvalue weighted by Crippen LogP contribution is -2.48. The smallest absolute Gasteiger partial charge is 0.222 e. The molecule has 1 aromatic heterocycles. The number of carbonyl (C=O) groups excluding carboxylic acids is 1. The minimum atomic E-state index is 0.298. The highest BCUT2D eigenvalue weighted by Crippen LogP contribution is 2.40. The molecule has 3 fully saturated rings. The second-order valence-corrected chi connectivity index (χ2v) is 10.1. The van der Waals surface area contributed by atoms with Crippen LogP contribution in [0.5, 0.6) is 0 Å². The number of amides is 1. The van der Waals surface area contributed by atoms with E-state index in [1.54, 1.807) is 11.3 Å². The highest BCUT2D eigenvalue weighted by molar-refractivity contribution is 7.09. The predicted octanol–water partition coefficient (Wildman–Crippen LogP) is 2.98. The molecule has 1 aromatic rings. The van der Waals surface area contributed by atoms with Gasteiger partial charge in [0.25, 0.3) is 0 Å². The Labute approximate surface area is 167 Å². The molecule has 0 spiro atoms. The molecule has 0 aromatic carbocycles. The molecular weight excluding hydrogens is 358 g/mol. The SMILES string of the molecule is Cc1nc(CCC(=O)N2C[C@H]3C[C@@H](N(C)C)[C@H](OCC4CC4)C[C@H]3C2)cs1. The fourth-order valence-electron chi connectivity index (χ4n) is 4.78. The van der Waals surface area contributed by atoms with Crippen LogP contribution >= 0.6 is 11.3 Å². The van der Waals surface area contributed by atoms with Gasteiger partial charge in [-0.15, -0.1) is 11.3 Å². The number of carbonyl (C=O) groups is 1. The van der Waals surface area contributed by atoms with Crippen LogP contribution in [0.4, 0.5) is 0 Å². The Morgan fingerprint density at radius 2 is 2.04 bits per heavy atom. The molecule has 0 radical (unpaired) electrons. The Bertz CT molecular complexity index is 658. The van der Waals surface area contributed by atoms with E-state index in [-0.39, 0.29) is 0 Å². The van der Waals surface area contributed by atoms with E-state index in [9.17, 15) is 4.79 Å². The number of likely N-dealkylation sites (N-methyl/N-ethyl adjacent to an activating group) is 1. The second kappa shape index (κ2) is 8.18. The van der Waals surface area contributed by atoms with Crippen LogP contribution in [-0.2, 0) is 16.0 Å². The number of aryl methyl sites for hydroxylation is 2. The largest absolute Gasteiger partial charge is 0.376 e. The van der Waals surface area contributed by atoms with Gasteiger partial charge < -0.3 is 14.5 Å². The molecule has 1 amide bonds. The van der Waals surface area contributed by atoms with E-state index in [1.807, 2.05) is 6.92 Å². The number of aromatic nitrogens is 1. The van der Waals surface area contributed by atoms with Crippen molar-refractivity contribution in [3.05, 3.63) is 16.1 Å². The van der Waals surface area contributed by atoms with Crippen molar-refractivity contribution < 1.29 is 9.53 Å². The summed E-state index contributed by atoms with van der Waals surface area (Å²) in [5.41, 5.74) is 1.06. The maximum Gasteiger partial charge on any atom is 0.222 e. The van der Waals surface area contributed by atoms with Gasteiger partial charge in [-0.25, -0.2) is 4.98 Å². The van der Waals surface area contributed by atoms with Crippen LogP contribution in [-0.4, -0.2) is 66.6 Å². The first-order chi connectivity index (χ1) is 13.0. The fourth-order valence-corrected chi connectivity index (χ4v) is 5.42. The molecule has 0 N–H and O–H groups in total. The minimum Gasteiger partial charge on any atom is -0.376 e. The number of thiazole rings is 1. The summed E-state index contributed by atoms with van der Waals surface area (Å²) < 4.78 is 6.34. The van der Waals surface area contributed by atoms with Crippen molar-refractivity contribution in [3.8, 4) is 0 Å². The normalized spacial score (nSPS) is 30.7. The van der Waals surface area contributed by atoms with Crippen molar-refractivity contribution in [1.82, 2.24) is 14.8 Å². The highest BCUT2D eigenvalue weighted by Gasteiger charge is 2.44. The molecule has 2 saturated carbocycles. The number of likely N-dealkylation sites (tertiary alicyclic amines) is 1. The molecule has 4 atom stereocenters. The molecule has 6 heteroatoms. The minimum absolute atomic E-state index is 0.298. The van der Waals surface area contributed by atoms with Crippen LogP contribution in [0.25, 0.3) is 0 Å². The summed E-state index contributed by atoms with van der Waals surface area (Å²) in [7, 11) is 4.35. The van der Waals surface area contributed by atoms with Crippen molar-refractivity contribution in [2.45, 2.75) is 57.6 Å². The molecular formula is C21H33N3O2S. The van der Waals surface area contributed by atoms with Gasteiger partial charge in [0.15, 0.2) is 0 Å². The number of nitrogens with zero attached hydrogens (tertiary/aromatic N) is 3. The van der Waals surface area contributed by atoms with Gasteiger partial charge in [0.1, 0.15) is 0 Å². The monoisotopic (exact) mass is 391 g/mol. The summed E-state index contributed by atoms with van der Waals surface area (Å²) in [4.78, 5) is 21.7. The first-order valence-electron chi connectivity index (χ1n) is 10.5. The zero-order valence-electron chi connectivity index (χ0n) is 16.9. The Balaban J connectivity index is 1.31. The molecule has 4 rings (SSSR count). The molecule has 150 valence electrons. The lowest BCUT2D eigenvalue weighted by molar-refractivity contribution is -0.130. The molecule has 27 heavy (non-hydrogen) atoms. The summed E-state index contributed by atoms with van der Waals surface area (Å²) in [6.07, 6.45) is 6.62. The van der Waals surface area contributed by atoms with Crippen LogP contribution in [0.15, 0.2) is 5.38 Å². The van der Waals surface area contributed by atoms with Crippen LogP contribution in [0.2, 0.25) is 0 Å². The van der Waals surface area contributed by atoms with Gasteiger partial charge in [0.2, 0.25) is 5.91 Å². The Hall–Kier alpha value is -0.980. The molecule has 0 bridgehead atoms. The third-order valence-electron chi connectivity index (χ3n) is 6.61. The lowest BCUT2D eigenvalue weighted by Gasteiger charge is -2.41. The summed E-state index contributed by atoms with van der Waals surface area (Å²) in [6, 6.07) is 0.484. The average Bonchev–Trinajstić information content (AvgIpc) is 3.23. The maximum atomic E-state index is 12.7. The molecule has 2 aliphatic carbocycles. The molecule has 2 heterocycles. The van der Waals surface area contributed by atoms with E-state index >= 15 is 0 Å². The van der Waals surface area contributed by atoms with Crippen molar-refractivity contribution >= 4 is 17.2 Å². The number of rotatable bonds is 7. The number of hydrogen-bond donors (Lipinski definition) is 0. The first kappa shape index (κ1) is 19.3. The zero-order chi connectivity index (χ0) is 19.0. The van der Waals surface area contributed by atoms with Gasteiger partial charge in [-0.05, 0) is 70.9 Å². The summed E-state index contributed by atoms with van der Waals surface area (Å²) in [6.45, 7) is 4.80. The number of hydrogen-bond acceptors (Lipinski definition) is 5. The van der Waals surface area contributed by atoms with E-state index in [0.717, 1.165) is 55.6 Å². The maximum absolute atomic E-state index is 12.7. The molecule has 5 nitrogen and oxygen atoms in total. The van der Waals surface area contributed by atoms with Crippen LogP contribution in [0, 0.1) is 24.7 Å². The zero-order valence-corrected chi connectivity index (χ0v) is 17.7. The standard InChI is InChI=1S/C21H33N3O2S/c1-14-22-18(13-27-14)6-7-21(25)24-10-16-8-19(23(2)3)20(9-17(16)11-24)26-12-15-4-5-15/h13,15-17,19-20H,4-12H2,1-3H3/t16-,17+,19-,20-/m1/s1. The molecule has 1 aliphatic heterocycles. The van der Waals surface area contributed by atoms with E-state index in [4.69, 9.17) is 4.74 Å². The third-order valence-corrected chi connectivity index (χ3v) is 7.43. The van der Waals surface area contributed by atoms with Gasteiger partial charge >= 0.3 is 0 Å². The predicted molar refractivity (Wildman–Crippen MR) is 108 cm³/mol. The topological polar surface area (TPSA) is 45.7 Å². The molecule has 3 aliphatic rings. The van der Waals surface area contributed by atoms with Crippen molar-refractivity contribution in [3.63, 3.8) is 0 Å². The molecule has 1 saturated heterocycles. The second-order valence-electron chi connectivity index (χ2n) is 8.99. The van der Waals surface area contributed by atoms with Crippen LogP contribution < -0.4 is 0 Å². The molecule has 0 unspecified atom stereocenters. The van der Waals surface area contributed by atoms with Gasteiger partial charge in [0, 0.05) is 37.5 Å².